The van der Waals surface area contributed by atoms with E-state index in [-0.39, 0.29) is 0 Å². The molecule has 0 bridgehead atoms. The van der Waals surface area contributed by atoms with E-state index < -0.39 is 0 Å². The minimum Gasteiger partial charge on any atom is -0.237 e. The fourth-order valence-corrected chi connectivity index (χ4v) is 2.02. The lowest BCUT2D eigenvalue weighted by Gasteiger charge is -2.25. The number of benzene rings is 1. The Morgan fingerprint density at radius 2 is 2.00 bits per heavy atom. The molecule has 3 rings (SSSR count). The van der Waals surface area contributed by atoms with Crippen molar-refractivity contribution in [1.29, 1.82) is 0 Å². The fraction of sp³-hybridized carbons (Fsp3) is 0.308. The zero-order chi connectivity index (χ0) is 10.1. The topological polar surface area (TPSA) is 17.8 Å². The van der Waals surface area contributed by atoms with Crippen molar-refractivity contribution in [3.05, 3.63) is 48.3 Å². The van der Waals surface area contributed by atoms with E-state index in [2.05, 4.69) is 23.3 Å². The first-order valence-corrected chi connectivity index (χ1v) is 5.46. The molecule has 1 fully saturated rings. The summed E-state index contributed by atoms with van der Waals surface area (Å²) < 4.78 is 2.02. The van der Waals surface area contributed by atoms with E-state index in [9.17, 15) is 0 Å². The maximum absolute atomic E-state index is 4.35. The van der Waals surface area contributed by atoms with Gasteiger partial charge in [-0.2, -0.15) is 5.10 Å². The van der Waals surface area contributed by atoms with Gasteiger partial charge < -0.3 is 0 Å². The summed E-state index contributed by atoms with van der Waals surface area (Å²) in [6.07, 6.45) is 5.70. The monoisotopic (exact) mass is 197 g/mol. The molecule has 1 aromatic carbocycles. The molecule has 1 aromatic heterocycles. The molecule has 1 aliphatic rings. The van der Waals surface area contributed by atoms with Crippen LogP contribution in [0.15, 0.2) is 36.5 Å². The van der Waals surface area contributed by atoms with Crippen LogP contribution in [-0.2, 0) is 0 Å². The van der Waals surface area contributed by atoms with E-state index in [1.807, 2.05) is 22.9 Å². The average Bonchev–Trinajstić information content (AvgIpc) is 2.65. The number of para-hydroxylation sites is 1. The molecule has 0 saturated heterocycles. The Balaban J connectivity index is 2.01. The van der Waals surface area contributed by atoms with Gasteiger partial charge in [-0.1, -0.05) is 24.6 Å². The van der Waals surface area contributed by atoms with Crippen LogP contribution in [0.3, 0.4) is 0 Å². The van der Waals surface area contributed by atoms with Gasteiger partial charge in [-0.15, -0.1) is 0 Å². The molecule has 2 aromatic rings. The van der Waals surface area contributed by atoms with Gasteiger partial charge in [0.05, 0.1) is 17.6 Å². The summed E-state index contributed by atoms with van der Waals surface area (Å²) in [4.78, 5) is 0. The van der Waals surface area contributed by atoms with Crippen molar-refractivity contribution in [3.63, 3.8) is 0 Å². The van der Waals surface area contributed by atoms with E-state index in [0.29, 0.717) is 5.92 Å². The Hall–Kier alpha value is -1.57. The highest BCUT2D eigenvalue weighted by atomic mass is 15.3. The maximum Gasteiger partial charge on any atom is 0.0649 e. The highest BCUT2D eigenvalue weighted by Gasteiger charge is 2.23. The lowest BCUT2D eigenvalue weighted by molar-refractivity contribution is 0.403. The lowest BCUT2D eigenvalue weighted by Crippen LogP contribution is -2.14. The number of aromatic nitrogens is 2. The maximum atomic E-state index is 4.35. The van der Waals surface area contributed by atoms with Gasteiger partial charge in [0, 0.05) is 12.0 Å². The standard InChI is InChI=1S/C13H13N2/c1-2-7-12(8-3-1)15-13(9-10-14-15)11-5-4-6-11/h1-3,7-8,10-11H,4-6H2. The number of nitrogens with zero attached hydrogens (tertiary/aromatic N) is 2. The van der Waals surface area contributed by atoms with Crippen molar-refractivity contribution in [1.82, 2.24) is 9.78 Å². The molecule has 0 unspecified atom stereocenters. The summed E-state index contributed by atoms with van der Waals surface area (Å²) >= 11 is 0. The molecule has 0 aliphatic heterocycles. The van der Waals surface area contributed by atoms with Crippen LogP contribution in [0.1, 0.15) is 30.9 Å². The number of rotatable bonds is 2. The largest absolute Gasteiger partial charge is 0.237 e. The second kappa shape index (κ2) is 3.54. The van der Waals surface area contributed by atoms with Gasteiger partial charge in [-0.25, -0.2) is 4.68 Å². The smallest absolute Gasteiger partial charge is 0.0649 e. The predicted molar refractivity (Wildman–Crippen MR) is 59.0 cm³/mol. The predicted octanol–water partition coefficient (Wildman–Crippen LogP) is 2.94. The van der Waals surface area contributed by atoms with Gasteiger partial charge in [0.1, 0.15) is 0 Å². The van der Waals surface area contributed by atoms with E-state index in [4.69, 9.17) is 0 Å². The normalized spacial score (nSPS) is 16.3. The summed E-state index contributed by atoms with van der Waals surface area (Å²) in [6.45, 7) is 0. The summed E-state index contributed by atoms with van der Waals surface area (Å²) in [6, 6.07) is 13.5. The molecule has 1 radical (unpaired) electrons. The highest BCUT2D eigenvalue weighted by Crippen LogP contribution is 2.36. The summed E-state index contributed by atoms with van der Waals surface area (Å²) in [5.74, 6) is 0.674. The van der Waals surface area contributed by atoms with Gasteiger partial charge in [0.2, 0.25) is 0 Å². The molecule has 15 heavy (non-hydrogen) atoms. The van der Waals surface area contributed by atoms with Crippen molar-refractivity contribution in [2.45, 2.75) is 25.2 Å². The van der Waals surface area contributed by atoms with Crippen LogP contribution >= 0.6 is 0 Å². The van der Waals surface area contributed by atoms with Gasteiger partial charge in [-0.05, 0) is 25.0 Å². The first kappa shape index (κ1) is 8.72. The van der Waals surface area contributed by atoms with Crippen LogP contribution in [0.25, 0.3) is 5.69 Å². The zero-order valence-electron chi connectivity index (χ0n) is 8.56. The first-order valence-electron chi connectivity index (χ1n) is 5.46. The number of hydrogen-bond donors (Lipinski definition) is 0. The summed E-state index contributed by atoms with van der Waals surface area (Å²) in [5.41, 5.74) is 2.38. The Labute approximate surface area is 89.5 Å². The van der Waals surface area contributed by atoms with Crippen molar-refractivity contribution >= 4 is 0 Å². The van der Waals surface area contributed by atoms with Crippen LogP contribution in [0.2, 0.25) is 0 Å². The van der Waals surface area contributed by atoms with E-state index in [1.54, 1.807) is 6.20 Å². The molecule has 0 N–H and O–H groups in total. The van der Waals surface area contributed by atoms with Crippen molar-refractivity contribution in [2.75, 3.05) is 0 Å². The van der Waals surface area contributed by atoms with Crippen LogP contribution in [-0.4, -0.2) is 9.78 Å². The third-order valence-corrected chi connectivity index (χ3v) is 3.11. The fourth-order valence-electron chi connectivity index (χ4n) is 2.02. The minimum absolute atomic E-state index is 0.674. The molecule has 1 heterocycles. The lowest BCUT2D eigenvalue weighted by atomic mass is 9.83. The quantitative estimate of drug-likeness (QED) is 0.723. The SMILES string of the molecule is [c]1cnn(-c2ccccc2)c1C1CCC1. The molecule has 0 amide bonds. The minimum atomic E-state index is 0.674. The molecule has 0 atom stereocenters. The molecule has 2 nitrogen and oxygen atoms in total. The summed E-state index contributed by atoms with van der Waals surface area (Å²) in [7, 11) is 0. The molecular weight excluding hydrogens is 184 g/mol. The van der Waals surface area contributed by atoms with Crippen LogP contribution in [0.5, 0.6) is 0 Å². The molecule has 0 spiro atoms. The van der Waals surface area contributed by atoms with Gasteiger partial charge in [0.15, 0.2) is 0 Å². The molecule has 1 aliphatic carbocycles. The third-order valence-electron chi connectivity index (χ3n) is 3.11. The Morgan fingerprint density at radius 3 is 2.67 bits per heavy atom. The Morgan fingerprint density at radius 1 is 1.20 bits per heavy atom. The van der Waals surface area contributed by atoms with Crippen molar-refractivity contribution < 1.29 is 0 Å². The zero-order valence-corrected chi connectivity index (χ0v) is 8.56. The molecule has 75 valence electrons. The first-order chi connectivity index (χ1) is 7.45. The Kier molecular flexibility index (Phi) is 2.05. The van der Waals surface area contributed by atoms with E-state index in [1.165, 1.54) is 25.0 Å². The van der Waals surface area contributed by atoms with Crippen LogP contribution < -0.4 is 0 Å². The Bertz CT molecular complexity index is 441. The van der Waals surface area contributed by atoms with Gasteiger partial charge in [0.25, 0.3) is 0 Å². The molecule has 1 saturated carbocycles. The second-order valence-electron chi connectivity index (χ2n) is 4.05. The van der Waals surface area contributed by atoms with E-state index >= 15 is 0 Å². The second-order valence-corrected chi connectivity index (χ2v) is 4.05. The third kappa shape index (κ3) is 1.46. The average molecular weight is 197 g/mol. The van der Waals surface area contributed by atoms with Crippen molar-refractivity contribution in [3.8, 4) is 5.69 Å². The van der Waals surface area contributed by atoms with Crippen LogP contribution in [0.4, 0.5) is 0 Å². The molecular formula is C13H13N2. The van der Waals surface area contributed by atoms with Crippen molar-refractivity contribution in [2.24, 2.45) is 0 Å². The molecule has 2 heteroatoms. The van der Waals surface area contributed by atoms with Crippen LogP contribution in [0, 0.1) is 6.07 Å². The van der Waals surface area contributed by atoms with E-state index in [0.717, 1.165) is 5.69 Å². The van der Waals surface area contributed by atoms with Gasteiger partial charge in [-0.3, -0.25) is 0 Å². The number of hydrogen-bond acceptors (Lipinski definition) is 1. The van der Waals surface area contributed by atoms with Gasteiger partial charge >= 0.3 is 0 Å². The summed E-state index contributed by atoms with van der Waals surface area (Å²) in [5, 5.41) is 4.35. The highest BCUT2D eigenvalue weighted by molar-refractivity contribution is 5.33.